The molecule has 1 aromatic heterocycles. The standard InChI is InChI=1S/C11H13ClFN3.C5H13N/c1-6(2)7(3)15-11-9(13)4-8(5-14)10(12)16-11;1-4(2)5(3)6/h4,6-7H,1-3H3,(H,15,16);4-5H,6H2,1-3H3/t7-;5-/m00/s1. The van der Waals surface area contributed by atoms with Crippen molar-refractivity contribution >= 4 is 17.4 Å². The van der Waals surface area contributed by atoms with E-state index in [1.165, 1.54) is 0 Å². The fourth-order valence-corrected chi connectivity index (χ4v) is 1.21. The maximum Gasteiger partial charge on any atom is 0.166 e. The zero-order chi connectivity index (χ0) is 17.4. The number of pyridine rings is 1. The van der Waals surface area contributed by atoms with E-state index in [-0.39, 0.29) is 22.6 Å². The van der Waals surface area contributed by atoms with Crippen molar-refractivity contribution in [2.24, 2.45) is 17.6 Å². The number of nitrogens with zero attached hydrogens (tertiary/aromatic N) is 2. The van der Waals surface area contributed by atoms with Crippen molar-refractivity contribution in [1.82, 2.24) is 4.98 Å². The molecule has 0 spiro atoms. The van der Waals surface area contributed by atoms with E-state index in [2.05, 4.69) is 24.1 Å². The first-order valence-electron chi connectivity index (χ1n) is 7.38. The lowest BCUT2D eigenvalue weighted by molar-refractivity contribution is 0.529. The molecule has 1 rings (SSSR count). The van der Waals surface area contributed by atoms with Gasteiger partial charge in [-0.15, -0.1) is 0 Å². The monoisotopic (exact) mass is 328 g/mol. The molecule has 0 radical (unpaired) electrons. The molecule has 0 fully saturated rings. The Morgan fingerprint density at radius 3 is 2.09 bits per heavy atom. The van der Waals surface area contributed by atoms with Gasteiger partial charge in [0.25, 0.3) is 0 Å². The average molecular weight is 329 g/mol. The van der Waals surface area contributed by atoms with E-state index in [4.69, 9.17) is 22.6 Å². The summed E-state index contributed by atoms with van der Waals surface area (Å²) >= 11 is 5.72. The normalized spacial score (nSPS) is 13.2. The molecule has 124 valence electrons. The SMILES string of the molecule is CC(C)[C@H](C)N.CC(C)[C@H](C)Nc1nc(Cl)c(C#N)cc1F. The number of anilines is 1. The second-order valence-corrected chi connectivity index (χ2v) is 6.41. The maximum atomic E-state index is 13.5. The Morgan fingerprint density at radius 1 is 1.23 bits per heavy atom. The van der Waals surface area contributed by atoms with Crippen LogP contribution < -0.4 is 11.1 Å². The summed E-state index contributed by atoms with van der Waals surface area (Å²) in [4.78, 5) is 3.82. The predicted molar refractivity (Wildman–Crippen MR) is 90.3 cm³/mol. The summed E-state index contributed by atoms with van der Waals surface area (Å²) in [5.74, 6) is 0.499. The first kappa shape index (κ1) is 20.6. The highest BCUT2D eigenvalue weighted by molar-refractivity contribution is 6.30. The smallest absolute Gasteiger partial charge is 0.166 e. The lowest BCUT2D eigenvalue weighted by Gasteiger charge is -2.18. The molecule has 0 aliphatic rings. The highest BCUT2D eigenvalue weighted by Crippen LogP contribution is 2.21. The van der Waals surface area contributed by atoms with Crippen LogP contribution in [0.3, 0.4) is 0 Å². The summed E-state index contributed by atoms with van der Waals surface area (Å²) in [6.45, 7) is 12.2. The van der Waals surface area contributed by atoms with E-state index >= 15 is 0 Å². The minimum absolute atomic E-state index is 0.0161. The quantitative estimate of drug-likeness (QED) is 0.812. The van der Waals surface area contributed by atoms with Crippen molar-refractivity contribution in [3.8, 4) is 6.07 Å². The van der Waals surface area contributed by atoms with E-state index in [9.17, 15) is 4.39 Å². The van der Waals surface area contributed by atoms with E-state index < -0.39 is 5.82 Å². The van der Waals surface area contributed by atoms with Crippen LogP contribution >= 0.6 is 11.6 Å². The van der Waals surface area contributed by atoms with Crippen molar-refractivity contribution < 1.29 is 4.39 Å². The number of hydrogen-bond acceptors (Lipinski definition) is 4. The van der Waals surface area contributed by atoms with Gasteiger partial charge in [-0.05, 0) is 31.7 Å². The Hall–Kier alpha value is -1.38. The summed E-state index contributed by atoms with van der Waals surface area (Å²) in [5, 5.41) is 11.6. The van der Waals surface area contributed by atoms with Crippen molar-refractivity contribution in [2.75, 3.05) is 5.32 Å². The number of aromatic nitrogens is 1. The number of halogens is 2. The van der Waals surface area contributed by atoms with Gasteiger partial charge in [0.15, 0.2) is 11.6 Å². The summed E-state index contributed by atoms with van der Waals surface area (Å²) < 4.78 is 13.5. The van der Waals surface area contributed by atoms with Gasteiger partial charge < -0.3 is 11.1 Å². The molecule has 0 aromatic carbocycles. The zero-order valence-electron chi connectivity index (χ0n) is 14.1. The number of rotatable bonds is 4. The maximum absolute atomic E-state index is 13.5. The van der Waals surface area contributed by atoms with Gasteiger partial charge in [-0.2, -0.15) is 5.26 Å². The van der Waals surface area contributed by atoms with Gasteiger partial charge in [0.2, 0.25) is 0 Å². The Labute approximate surface area is 137 Å². The first-order chi connectivity index (χ1) is 10.1. The summed E-state index contributed by atoms with van der Waals surface area (Å²) in [6, 6.07) is 3.29. The van der Waals surface area contributed by atoms with Gasteiger partial charge in [-0.25, -0.2) is 9.37 Å². The van der Waals surface area contributed by atoms with Crippen LogP contribution in [0.1, 0.15) is 47.1 Å². The van der Waals surface area contributed by atoms with Crippen LogP contribution in [0.15, 0.2) is 6.07 Å². The average Bonchev–Trinajstić information content (AvgIpc) is 2.42. The Morgan fingerprint density at radius 2 is 1.73 bits per heavy atom. The molecule has 0 aliphatic carbocycles. The molecule has 2 atom stereocenters. The molecule has 0 bridgehead atoms. The molecular weight excluding hydrogens is 303 g/mol. The molecule has 0 amide bonds. The van der Waals surface area contributed by atoms with E-state index in [0.717, 1.165) is 6.07 Å². The molecule has 6 heteroatoms. The van der Waals surface area contributed by atoms with Crippen LogP contribution in [0, 0.1) is 29.0 Å². The second kappa shape index (κ2) is 9.60. The Balaban J connectivity index is 0.000000626. The van der Waals surface area contributed by atoms with Gasteiger partial charge in [0, 0.05) is 12.1 Å². The number of nitriles is 1. The third kappa shape index (κ3) is 7.06. The molecule has 0 saturated heterocycles. The van der Waals surface area contributed by atoms with Crippen molar-refractivity contribution in [2.45, 2.75) is 53.6 Å². The first-order valence-corrected chi connectivity index (χ1v) is 7.76. The third-order valence-electron chi connectivity index (χ3n) is 3.47. The van der Waals surface area contributed by atoms with Crippen LogP contribution in [-0.4, -0.2) is 17.1 Å². The molecule has 22 heavy (non-hydrogen) atoms. The number of hydrogen-bond donors (Lipinski definition) is 2. The van der Waals surface area contributed by atoms with Crippen LogP contribution in [0.2, 0.25) is 5.15 Å². The summed E-state index contributed by atoms with van der Waals surface area (Å²) in [6.07, 6.45) is 0. The zero-order valence-corrected chi connectivity index (χ0v) is 14.9. The summed E-state index contributed by atoms with van der Waals surface area (Å²) in [7, 11) is 0. The predicted octanol–water partition coefficient (Wildman–Crippen LogP) is 4.19. The molecular formula is C16H26ClFN4. The van der Waals surface area contributed by atoms with Gasteiger partial charge in [-0.1, -0.05) is 39.3 Å². The van der Waals surface area contributed by atoms with Gasteiger partial charge >= 0.3 is 0 Å². The van der Waals surface area contributed by atoms with E-state index in [1.807, 2.05) is 27.7 Å². The van der Waals surface area contributed by atoms with Crippen molar-refractivity contribution in [1.29, 1.82) is 5.26 Å². The van der Waals surface area contributed by atoms with Crippen molar-refractivity contribution in [3.63, 3.8) is 0 Å². The molecule has 0 saturated carbocycles. The highest BCUT2D eigenvalue weighted by Gasteiger charge is 2.14. The highest BCUT2D eigenvalue weighted by atomic mass is 35.5. The minimum Gasteiger partial charge on any atom is -0.365 e. The van der Waals surface area contributed by atoms with E-state index in [1.54, 1.807) is 6.07 Å². The van der Waals surface area contributed by atoms with Gasteiger partial charge in [0.1, 0.15) is 11.2 Å². The molecule has 0 aliphatic heterocycles. The Bertz CT molecular complexity index is 504. The molecule has 4 nitrogen and oxygen atoms in total. The lowest BCUT2D eigenvalue weighted by atomic mass is 10.1. The van der Waals surface area contributed by atoms with Crippen molar-refractivity contribution in [3.05, 3.63) is 22.6 Å². The van der Waals surface area contributed by atoms with Crippen LogP contribution in [0.5, 0.6) is 0 Å². The second-order valence-electron chi connectivity index (χ2n) is 6.05. The molecule has 1 aromatic rings. The Kier molecular flexibility index (Phi) is 9.00. The van der Waals surface area contributed by atoms with Gasteiger partial charge in [0.05, 0.1) is 5.56 Å². The van der Waals surface area contributed by atoms with Crippen LogP contribution in [0.4, 0.5) is 10.2 Å². The van der Waals surface area contributed by atoms with Crippen LogP contribution in [-0.2, 0) is 0 Å². The third-order valence-corrected chi connectivity index (χ3v) is 3.75. The summed E-state index contributed by atoms with van der Waals surface area (Å²) in [5.41, 5.74) is 5.48. The van der Waals surface area contributed by atoms with Crippen LogP contribution in [0.25, 0.3) is 0 Å². The molecule has 0 unspecified atom stereocenters. The van der Waals surface area contributed by atoms with E-state index in [0.29, 0.717) is 17.9 Å². The van der Waals surface area contributed by atoms with Gasteiger partial charge in [-0.3, -0.25) is 0 Å². The number of nitrogens with one attached hydrogen (secondary N) is 1. The fourth-order valence-electron chi connectivity index (χ4n) is 1.03. The number of nitrogens with two attached hydrogens (primary N) is 1. The molecule has 1 heterocycles. The lowest BCUT2D eigenvalue weighted by Crippen LogP contribution is -2.23. The molecule has 3 N–H and O–H groups in total. The largest absolute Gasteiger partial charge is 0.365 e. The minimum atomic E-state index is -0.562. The topological polar surface area (TPSA) is 74.7 Å². The fraction of sp³-hybridized carbons (Fsp3) is 0.625.